The molecule has 4 nitrogen and oxygen atoms in total. The Balaban J connectivity index is 1.53. The summed E-state index contributed by atoms with van der Waals surface area (Å²) in [5.41, 5.74) is 2.09. The van der Waals surface area contributed by atoms with E-state index >= 15 is 0 Å². The number of aliphatic hydroxyl groups is 1. The summed E-state index contributed by atoms with van der Waals surface area (Å²) in [4.78, 5) is 16.0. The number of nitrogens with zero attached hydrogens (tertiary/aromatic N) is 1. The summed E-state index contributed by atoms with van der Waals surface area (Å²) in [6.45, 7) is 18.5. The number of esters is 1. The summed E-state index contributed by atoms with van der Waals surface area (Å²) >= 11 is 0. The Bertz CT molecular complexity index is 982. The third-order valence-electron chi connectivity index (χ3n) is 13.8. The van der Waals surface area contributed by atoms with Gasteiger partial charge >= 0.3 is 5.97 Å². The minimum Gasteiger partial charge on any atom is -0.464 e. The number of carbonyl (C=O) groups is 1. The highest BCUT2D eigenvalue weighted by Crippen LogP contribution is 2.75. The molecule has 0 aliphatic heterocycles. The van der Waals surface area contributed by atoms with Crippen molar-refractivity contribution in [1.29, 1.82) is 0 Å². The average Bonchev–Trinajstić information content (AvgIpc) is 2.81. The lowest BCUT2D eigenvalue weighted by molar-refractivity contribution is -0.206. The number of allylic oxidation sites excluding steroid dienone is 2. The highest BCUT2D eigenvalue weighted by molar-refractivity contribution is 5.78. The lowest BCUT2D eigenvalue weighted by atomic mass is 9.33. The Morgan fingerprint density at radius 1 is 0.947 bits per heavy atom. The number of aliphatic hydroxyl groups excluding tert-OH is 1. The van der Waals surface area contributed by atoms with Crippen molar-refractivity contribution in [2.24, 2.45) is 50.2 Å². The lowest BCUT2D eigenvalue weighted by Crippen LogP contribution is -2.65. The molecule has 5 aliphatic rings. The number of hydrogen-bond donors (Lipinski definition) is 1. The van der Waals surface area contributed by atoms with Gasteiger partial charge in [-0.15, -0.1) is 0 Å². The van der Waals surface area contributed by atoms with E-state index in [0.29, 0.717) is 24.4 Å². The molecule has 4 fully saturated rings. The first-order valence-electron chi connectivity index (χ1n) is 15.7. The minimum absolute atomic E-state index is 0.0232. The average molecular weight is 528 g/mol. The van der Waals surface area contributed by atoms with Crippen molar-refractivity contribution in [3.05, 3.63) is 11.6 Å². The predicted octanol–water partition coefficient (Wildman–Crippen LogP) is 7.25. The minimum atomic E-state index is -0.353. The third kappa shape index (κ3) is 3.92. The van der Waals surface area contributed by atoms with E-state index in [2.05, 4.69) is 59.4 Å². The lowest BCUT2D eigenvalue weighted by Gasteiger charge is -2.71. The highest BCUT2D eigenvalue weighted by Gasteiger charge is 2.69. The van der Waals surface area contributed by atoms with Gasteiger partial charge in [0.15, 0.2) is 0 Å². The fourth-order valence-corrected chi connectivity index (χ4v) is 11.1. The van der Waals surface area contributed by atoms with Crippen LogP contribution in [0.4, 0.5) is 0 Å². The first-order chi connectivity index (χ1) is 17.5. The highest BCUT2D eigenvalue weighted by atomic mass is 16.5. The number of rotatable bonds is 4. The normalized spacial score (nSPS) is 47.2. The van der Waals surface area contributed by atoms with Crippen molar-refractivity contribution in [1.82, 2.24) is 4.90 Å². The van der Waals surface area contributed by atoms with Crippen LogP contribution in [0.15, 0.2) is 11.6 Å². The number of likely N-dealkylation sites (N-methyl/N-ethyl adjacent to an activating group) is 1. The molecule has 216 valence electrons. The van der Waals surface area contributed by atoms with Gasteiger partial charge in [-0.05, 0) is 123 Å². The molecule has 0 unspecified atom stereocenters. The van der Waals surface area contributed by atoms with E-state index in [1.54, 1.807) is 5.57 Å². The molecule has 0 aromatic heterocycles. The van der Waals surface area contributed by atoms with Crippen LogP contribution in [0.1, 0.15) is 113 Å². The third-order valence-corrected chi connectivity index (χ3v) is 13.8. The zero-order valence-corrected chi connectivity index (χ0v) is 26.1. The van der Waals surface area contributed by atoms with Crippen LogP contribution in [0.3, 0.4) is 0 Å². The molecule has 0 aromatic carbocycles. The van der Waals surface area contributed by atoms with E-state index in [1.807, 2.05) is 14.1 Å². The van der Waals surface area contributed by atoms with Crippen LogP contribution < -0.4 is 0 Å². The molecule has 0 aromatic rings. The zero-order chi connectivity index (χ0) is 27.9. The van der Waals surface area contributed by atoms with Gasteiger partial charge in [-0.25, -0.2) is 0 Å². The first-order valence-corrected chi connectivity index (χ1v) is 15.7. The second-order valence-electron chi connectivity index (χ2n) is 16.7. The van der Waals surface area contributed by atoms with Gasteiger partial charge in [0.1, 0.15) is 6.61 Å². The van der Waals surface area contributed by atoms with Crippen LogP contribution >= 0.6 is 0 Å². The molecule has 0 radical (unpaired) electrons. The van der Waals surface area contributed by atoms with Gasteiger partial charge in [0.25, 0.3) is 0 Å². The molecule has 0 saturated heterocycles. The Hall–Kier alpha value is -0.870. The summed E-state index contributed by atoms with van der Waals surface area (Å²) < 4.78 is 6.05. The van der Waals surface area contributed by atoms with Crippen LogP contribution in [-0.4, -0.2) is 49.3 Å². The van der Waals surface area contributed by atoms with Gasteiger partial charge < -0.3 is 14.7 Å². The Morgan fingerprint density at radius 2 is 1.63 bits per heavy atom. The molecule has 8 atom stereocenters. The van der Waals surface area contributed by atoms with Crippen molar-refractivity contribution >= 4 is 5.97 Å². The molecule has 0 spiro atoms. The monoisotopic (exact) mass is 527 g/mol. The van der Waals surface area contributed by atoms with Crippen molar-refractivity contribution in [2.45, 2.75) is 119 Å². The molecular weight excluding hydrogens is 470 g/mol. The molecular formula is C34H57NO3. The summed E-state index contributed by atoms with van der Waals surface area (Å²) in [6, 6.07) is 0. The topological polar surface area (TPSA) is 49.8 Å². The van der Waals surface area contributed by atoms with Crippen LogP contribution in [0.25, 0.3) is 0 Å². The van der Waals surface area contributed by atoms with E-state index in [0.717, 1.165) is 57.9 Å². The maximum Gasteiger partial charge on any atom is 0.312 e. The Kier molecular flexibility index (Phi) is 6.84. The largest absolute Gasteiger partial charge is 0.464 e. The molecule has 0 amide bonds. The predicted molar refractivity (Wildman–Crippen MR) is 155 cm³/mol. The maximum atomic E-state index is 13.9. The van der Waals surface area contributed by atoms with Crippen molar-refractivity contribution < 1.29 is 14.6 Å². The van der Waals surface area contributed by atoms with Gasteiger partial charge in [-0.3, -0.25) is 4.79 Å². The standard InChI is InChI=1S/C34H57NO3/c1-29(2)16-18-34(28(37)38-21-20-35(8)9)19-17-32(6)23(24(34)22-29)10-11-26-31(5)14-13-27(36)30(3,4)25(31)12-15-33(26,32)7/h10,24-27,36H,11-22H2,1-9H3/t24-,25-,26+,27-,31-,32+,33+,34-/m0/s1. The van der Waals surface area contributed by atoms with E-state index in [9.17, 15) is 9.90 Å². The second-order valence-corrected chi connectivity index (χ2v) is 16.7. The van der Waals surface area contributed by atoms with Crippen LogP contribution in [0.2, 0.25) is 0 Å². The van der Waals surface area contributed by atoms with Gasteiger partial charge in [-0.1, -0.05) is 60.1 Å². The van der Waals surface area contributed by atoms with E-state index in [1.165, 1.54) is 12.8 Å². The zero-order valence-electron chi connectivity index (χ0n) is 26.1. The van der Waals surface area contributed by atoms with E-state index in [-0.39, 0.29) is 44.6 Å². The summed E-state index contributed by atoms with van der Waals surface area (Å²) in [6.07, 6.45) is 13.3. The fraction of sp³-hybridized carbons (Fsp3) is 0.912. The van der Waals surface area contributed by atoms with E-state index in [4.69, 9.17) is 4.74 Å². The summed E-state index contributed by atoms with van der Waals surface area (Å²) in [7, 11) is 4.08. The maximum absolute atomic E-state index is 13.9. The first kappa shape index (κ1) is 28.7. The van der Waals surface area contributed by atoms with Crippen molar-refractivity contribution in [2.75, 3.05) is 27.2 Å². The number of hydrogen-bond acceptors (Lipinski definition) is 4. The second kappa shape index (κ2) is 9.07. The number of ether oxygens (including phenoxy) is 1. The molecule has 0 heterocycles. The fourth-order valence-electron chi connectivity index (χ4n) is 11.1. The quantitative estimate of drug-likeness (QED) is 0.309. The van der Waals surface area contributed by atoms with Crippen LogP contribution in [0, 0.1) is 50.2 Å². The SMILES string of the molecule is CN(C)CCOC(=O)[C@]12CCC(C)(C)C[C@H]1C1=CC[C@@H]3[C@@]4(C)CC[C@H](O)C(C)(C)[C@@H]4CC[C@@]3(C)[C@]1(C)CC2. The summed E-state index contributed by atoms with van der Waals surface area (Å²) in [5.74, 6) is 1.57. The van der Waals surface area contributed by atoms with Gasteiger partial charge in [-0.2, -0.15) is 0 Å². The Morgan fingerprint density at radius 3 is 2.32 bits per heavy atom. The number of carbonyl (C=O) groups excluding carboxylic acids is 1. The van der Waals surface area contributed by atoms with Crippen LogP contribution in [0.5, 0.6) is 0 Å². The molecule has 5 rings (SSSR count). The Labute approximate surface area is 233 Å². The van der Waals surface area contributed by atoms with Crippen LogP contribution in [-0.2, 0) is 9.53 Å². The number of fused-ring (bicyclic) bond motifs is 7. The molecule has 4 saturated carbocycles. The molecule has 0 bridgehead atoms. The molecule has 1 N–H and O–H groups in total. The van der Waals surface area contributed by atoms with E-state index < -0.39 is 0 Å². The smallest absolute Gasteiger partial charge is 0.312 e. The van der Waals surface area contributed by atoms with Crippen molar-refractivity contribution in [3.63, 3.8) is 0 Å². The van der Waals surface area contributed by atoms with Crippen molar-refractivity contribution in [3.8, 4) is 0 Å². The van der Waals surface area contributed by atoms with Gasteiger partial charge in [0.05, 0.1) is 11.5 Å². The van der Waals surface area contributed by atoms with Gasteiger partial charge in [0, 0.05) is 6.54 Å². The van der Waals surface area contributed by atoms with Gasteiger partial charge in [0.2, 0.25) is 0 Å². The summed E-state index contributed by atoms with van der Waals surface area (Å²) in [5, 5.41) is 11.0. The molecule has 4 heteroatoms. The molecule has 38 heavy (non-hydrogen) atoms. The molecule has 5 aliphatic carbocycles.